The highest BCUT2D eigenvalue weighted by Crippen LogP contribution is 2.77. The summed E-state index contributed by atoms with van der Waals surface area (Å²) in [4.78, 5) is 22.4. The van der Waals surface area contributed by atoms with E-state index in [0.717, 1.165) is 0 Å². The van der Waals surface area contributed by atoms with Crippen molar-refractivity contribution in [1.82, 2.24) is 0 Å². The molecule has 0 amide bonds. The minimum Gasteiger partial charge on any atom is -0.756 e. The van der Waals surface area contributed by atoms with Crippen LogP contribution in [-0.4, -0.2) is 48.5 Å². The van der Waals surface area contributed by atoms with Crippen LogP contribution < -0.4 is 19.3 Å². The fourth-order valence-corrected chi connectivity index (χ4v) is 7.17. The van der Waals surface area contributed by atoms with Crippen LogP contribution in [0, 0.1) is 0 Å². The van der Waals surface area contributed by atoms with Gasteiger partial charge in [-0.15, -0.1) is 0 Å². The van der Waals surface area contributed by atoms with Crippen LogP contribution in [0.2, 0.25) is 0 Å². The van der Waals surface area contributed by atoms with Gasteiger partial charge in [-0.25, -0.2) is 17.5 Å². The molecule has 3 rings (SSSR count). The molecule has 2 aliphatic rings. The van der Waals surface area contributed by atoms with E-state index in [4.69, 9.17) is 14.2 Å². The van der Waals surface area contributed by atoms with Crippen LogP contribution in [0.3, 0.4) is 0 Å². The number of ether oxygens (including phenoxy) is 3. The normalized spacial score (nSPS) is 42.5. The third-order valence-electron chi connectivity index (χ3n) is 3.63. The predicted molar refractivity (Wildman–Crippen MR) is 86.3 cm³/mol. The standard InChI is InChI=1S/C12H17O14P3/c1-20-7-2-4-8(5-3-7)22-12-11(14)10(13)9(23-12)6-21-29(19)25-27(15,16)24-28(17,18)26-29/h2-5,9-14H,6H2,1H3,(H,15,16)(H,17,18)/p-2/t9-,10-,11-,12-/m1/s1. The molecule has 0 bridgehead atoms. The van der Waals surface area contributed by atoms with Crippen LogP contribution in [0.4, 0.5) is 0 Å². The zero-order valence-electron chi connectivity index (χ0n) is 14.5. The van der Waals surface area contributed by atoms with Crippen molar-refractivity contribution >= 4 is 23.5 Å². The summed E-state index contributed by atoms with van der Waals surface area (Å²) in [6.45, 7) is -0.877. The molecular weight excluding hydrogens is 461 g/mol. The van der Waals surface area contributed by atoms with Crippen LogP contribution in [0.15, 0.2) is 24.3 Å². The summed E-state index contributed by atoms with van der Waals surface area (Å²) in [5.41, 5.74) is 0. The van der Waals surface area contributed by atoms with Crippen LogP contribution in [0.25, 0.3) is 0 Å². The van der Waals surface area contributed by atoms with E-state index < -0.39 is 54.7 Å². The average molecular weight is 476 g/mol. The molecular formula is C12H15O14P3-2. The minimum absolute atomic E-state index is 0.257. The molecule has 0 spiro atoms. The summed E-state index contributed by atoms with van der Waals surface area (Å²) in [6, 6.07) is 6.15. The van der Waals surface area contributed by atoms with Gasteiger partial charge in [0.05, 0.1) is 13.7 Å². The Hall–Kier alpha value is -0.850. The number of benzene rings is 1. The molecule has 0 aromatic heterocycles. The Balaban J connectivity index is 1.62. The molecule has 0 saturated carbocycles. The van der Waals surface area contributed by atoms with E-state index in [9.17, 15) is 33.7 Å². The maximum atomic E-state index is 12.1. The molecule has 0 radical (unpaired) electrons. The first-order valence-electron chi connectivity index (χ1n) is 7.75. The van der Waals surface area contributed by atoms with Gasteiger partial charge in [-0.1, -0.05) is 0 Å². The molecule has 2 unspecified atom stereocenters. The van der Waals surface area contributed by atoms with Gasteiger partial charge in [0.15, 0.2) is 0 Å². The number of phosphoric acid groups is 3. The third kappa shape index (κ3) is 5.65. The first kappa shape index (κ1) is 22.8. The predicted octanol–water partition coefficient (Wildman–Crippen LogP) is -0.354. The van der Waals surface area contributed by atoms with Gasteiger partial charge in [0.2, 0.25) is 6.29 Å². The van der Waals surface area contributed by atoms with Crippen molar-refractivity contribution in [2.75, 3.05) is 13.7 Å². The Kier molecular flexibility index (Phi) is 6.57. The van der Waals surface area contributed by atoms with Gasteiger partial charge in [-0.2, -0.15) is 0 Å². The number of hydrogen-bond donors (Lipinski definition) is 2. The second-order valence-corrected chi connectivity index (χ2v) is 10.6. The summed E-state index contributed by atoms with van der Waals surface area (Å²) in [5.74, 6) is 0.802. The van der Waals surface area contributed by atoms with Crippen molar-refractivity contribution in [2.45, 2.75) is 24.6 Å². The van der Waals surface area contributed by atoms with Gasteiger partial charge in [0.25, 0.3) is 15.6 Å². The quantitative estimate of drug-likeness (QED) is 0.504. The number of aliphatic hydroxyl groups is 2. The maximum absolute atomic E-state index is 12.1. The van der Waals surface area contributed by atoms with Crippen molar-refractivity contribution in [2.24, 2.45) is 0 Å². The molecule has 29 heavy (non-hydrogen) atoms. The van der Waals surface area contributed by atoms with Gasteiger partial charge in [-0.3, -0.25) is 13.7 Å². The minimum atomic E-state index is -5.51. The Labute approximate surface area is 163 Å². The Morgan fingerprint density at radius 2 is 1.52 bits per heavy atom. The van der Waals surface area contributed by atoms with E-state index in [1.807, 2.05) is 0 Å². The lowest BCUT2D eigenvalue weighted by Crippen LogP contribution is -2.36. The van der Waals surface area contributed by atoms with E-state index in [1.165, 1.54) is 19.2 Å². The molecule has 2 fully saturated rings. The molecule has 17 heteroatoms. The molecule has 2 aliphatic heterocycles. The van der Waals surface area contributed by atoms with Gasteiger partial charge in [0.1, 0.15) is 29.8 Å². The first-order valence-corrected chi connectivity index (χ1v) is 12.1. The molecule has 6 atom stereocenters. The monoisotopic (exact) mass is 476 g/mol. The number of aliphatic hydroxyl groups excluding tert-OH is 2. The number of rotatable bonds is 6. The summed E-state index contributed by atoms with van der Waals surface area (Å²) >= 11 is 0. The Bertz CT molecular complexity index is 845. The summed E-state index contributed by atoms with van der Waals surface area (Å²) in [5, 5.41) is 20.1. The van der Waals surface area contributed by atoms with Gasteiger partial charge in [-0.05, 0) is 24.3 Å². The smallest absolute Gasteiger partial charge is 0.487 e. The van der Waals surface area contributed by atoms with Crippen LogP contribution in [-0.2, 0) is 35.9 Å². The van der Waals surface area contributed by atoms with E-state index >= 15 is 0 Å². The van der Waals surface area contributed by atoms with Crippen molar-refractivity contribution in [3.63, 3.8) is 0 Å². The third-order valence-corrected chi connectivity index (χ3v) is 8.89. The molecule has 164 valence electrons. The molecule has 0 aliphatic carbocycles. The molecule has 14 nitrogen and oxygen atoms in total. The summed E-state index contributed by atoms with van der Waals surface area (Å²) in [6.07, 6.45) is -5.96. The van der Waals surface area contributed by atoms with E-state index in [0.29, 0.717) is 5.75 Å². The lowest BCUT2D eigenvalue weighted by atomic mass is 10.1. The number of methoxy groups -OCH3 is 1. The zero-order valence-corrected chi connectivity index (χ0v) is 17.1. The van der Waals surface area contributed by atoms with Crippen LogP contribution >= 0.6 is 23.5 Å². The highest BCUT2D eigenvalue weighted by molar-refractivity contribution is 7.74. The fraction of sp³-hybridized carbons (Fsp3) is 0.500. The second kappa shape index (κ2) is 8.35. The lowest BCUT2D eigenvalue weighted by Gasteiger charge is -2.38. The van der Waals surface area contributed by atoms with Crippen molar-refractivity contribution < 1.29 is 65.4 Å². The van der Waals surface area contributed by atoms with Gasteiger partial charge >= 0.3 is 7.82 Å². The highest BCUT2D eigenvalue weighted by Gasteiger charge is 2.48. The topological polar surface area (TPSA) is 202 Å². The van der Waals surface area contributed by atoms with Crippen molar-refractivity contribution in [1.29, 1.82) is 0 Å². The molecule has 1 aromatic rings. The van der Waals surface area contributed by atoms with Crippen LogP contribution in [0.1, 0.15) is 0 Å². The molecule has 2 saturated heterocycles. The number of hydrogen-bond acceptors (Lipinski definition) is 14. The fourth-order valence-electron chi connectivity index (χ4n) is 2.36. The highest BCUT2D eigenvalue weighted by atomic mass is 31.3. The first-order chi connectivity index (χ1) is 13.4. The maximum Gasteiger partial charge on any atom is 0.487 e. The Morgan fingerprint density at radius 1 is 0.966 bits per heavy atom. The largest absolute Gasteiger partial charge is 0.756 e. The lowest BCUT2D eigenvalue weighted by molar-refractivity contribution is -0.242. The van der Waals surface area contributed by atoms with Gasteiger partial charge in [0, 0.05) is 0 Å². The molecule has 1 aromatic carbocycles. The summed E-state index contributed by atoms with van der Waals surface area (Å²) in [7, 11) is -14.7. The second-order valence-electron chi connectivity index (χ2n) is 5.70. The van der Waals surface area contributed by atoms with E-state index in [1.54, 1.807) is 12.1 Å². The average Bonchev–Trinajstić information content (AvgIpc) is 2.86. The van der Waals surface area contributed by atoms with Crippen LogP contribution in [0.5, 0.6) is 11.5 Å². The summed E-state index contributed by atoms with van der Waals surface area (Å²) < 4.78 is 66.2. The van der Waals surface area contributed by atoms with Gasteiger partial charge < -0.3 is 34.2 Å². The van der Waals surface area contributed by atoms with Crippen molar-refractivity contribution in [3.05, 3.63) is 24.3 Å². The van der Waals surface area contributed by atoms with E-state index in [2.05, 4.69) is 17.5 Å². The zero-order chi connectivity index (χ0) is 21.4. The SMILES string of the molecule is COc1ccc(O[C@@H]2O[C@H](COP3(=O)OP(=O)([O-])OP(=O)([O-])O3)[C@@H](O)[C@H]2O)cc1. The van der Waals surface area contributed by atoms with E-state index in [-0.39, 0.29) is 5.75 Å². The molecule has 2 N–H and O–H groups in total. The molecule has 2 heterocycles. The Morgan fingerprint density at radius 3 is 2.07 bits per heavy atom. The van der Waals surface area contributed by atoms with Crippen molar-refractivity contribution in [3.8, 4) is 11.5 Å².